The van der Waals surface area contributed by atoms with Gasteiger partial charge in [0.15, 0.2) is 0 Å². The van der Waals surface area contributed by atoms with Crippen LogP contribution in [0.5, 0.6) is 0 Å². The van der Waals surface area contributed by atoms with Crippen molar-refractivity contribution in [2.45, 2.75) is 60.2 Å². The minimum Gasteiger partial charge on any atom is -0.368 e. The van der Waals surface area contributed by atoms with Crippen LogP contribution in [-0.4, -0.2) is 45.1 Å². The van der Waals surface area contributed by atoms with Gasteiger partial charge in [0.2, 0.25) is 0 Å². The topological polar surface area (TPSA) is 69.9 Å². The Kier molecular flexibility index (Phi) is 14.7. The van der Waals surface area contributed by atoms with Crippen molar-refractivity contribution in [3.8, 4) is 0 Å². The highest BCUT2D eigenvalue weighted by Gasteiger charge is 2.53. The quantitative estimate of drug-likeness (QED) is 0.146. The summed E-state index contributed by atoms with van der Waals surface area (Å²) < 4.78 is 7.68. The number of hydrogen-bond acceptors (Lipinski definition) is 4. The van der Waals surface area contributed by atoms with Gasteiger partial charge < -0.3 is 18.8 Å². The third-order valence-corrected chi connectivity index (χ3v) is 11.7. The molecule has 0 aromatic carbocycles. The maximum Gasteiger partial charge on any atom is 0.672 e. The maximum atomic E-state index is 9.95. The molecule has 1 rings (SSSR count). The van der Waals surface area contributed by atoms with Crippen LogP contribution in [0.25, 0.3) is 0 Å². The van der Waals surface area contributed by atoms with Crippen LogP contribution in [0.1, 0.15) is 38.5 Å². The molecule has 2 atom stereocenters. The smallest absolute Gasteiger partial charge is 0.368 e. The van der Waals surface area contributed by atoms with Gasteiger partial charge in [-0.05, 0) is 65.6 Å². The van der Waals surface area contributed by atoms with Gasteiger partial charge in [0.1, 0.15) is 5.60 Å². The van der Waals surface area contributed by atoms with Crippen molar-refractivity contribution >= 4 is 152 Å². The molecule has 0 aliphatic heterocycles. The number of halogens is 9. The minimum atomic E-state index is -4.85. The fraction of sp³-hybridized carbons (Fsp3) is 0.733. The Balaban J connectivity index is 3.65. The Morgan fingerprint density at radius 1 is 0.862 bits per heavy atom. The third-order valence-electron chi connectivity index (χ3n) is 4.26. The first-order chi connectivity index (χ1) is 13.2. The van der Waals surface area contributed by atoms with Crippen molar-refractivity contribution in [3.63, 3.8) is 0 Å². The summed E-state index contributed by atoms with van der Waals surface area (Å²) in [4.78, 5) is 29.4. The molecule has 0 amide bonds. The highest BCUT2D eigenvalue weighted by atomic mass is 79.9. The standard InChI is InChI=1S/C15H19Br9O4Si/c16-9(17)3-1-7-8(2-4-10(18)19)15(6-5-11(20)21,28-29(25,26)27)14(24)13(23)12(7)22/h9-11,14,25-27H,1-6H2. The normalized spacial score (nSPS) is 23.9. The van der Waals surface area contributed by atoms with E-state index in [1.54, 1.807) is 0 Å². The summed E-state index contributed by atoms with van der Waals surface area (Å²) >= 11 is 32.1. The summed E-state index contributed by atoms with van der Waals surface area (Å²) in [6.07, 6.45) is 3.97. The number of allylic oxidation sites excluding steroid dienone is 2. The molecule has 0 bridgehead atoms. The van der Waals surface area contributed by atoms with Gasteiger partial charge in [0, 0.05) is 8.96 Å². The van der Waals surface area contributed by atoms with Crippen LogP contribution in [0.4, 0.5) is 0 Å². The molecule has 0 heterocycles. The number of hydrogen-bond donors (Lipinski definition) is 3. The Hall–Kier alpha value is 3.86. The molecule has 29 heavy (non-hydrogen) atoms. The zero-order valence-electron chi connectivity index (χ0n) is 14.7. The Morgan fingerprint density at radius 2 is 1.34 bits per heavy atom. The van der Waals surface area contributed by atoms with Crippen LogP contribution in [0.3, 0.4) is 0 Å². The highest BCUT2D eigenvalue weighted by Crippen LogP contribution is 2.53. The molecule has 0 radical (unpaired) electrons. The highest BCUT2D eigenvalue weighted by molar-refractivity contribution is 9.25. The first kappa shape index (κ1) is 30.9. The predicted octanol–water partition coefficient (Wildman–Crippen LogP) is 7.92. The largest absolute Gasteiger partial charge is 0.672 e. The zero-order valence-corrected chi connectivity index (χ0v) is 30.0. The lowest BCUT2D eigenvalue weighted by atomic mass is 9.76. The van der Waals surface area contributed by atoms with Gasteiger partial charge in [-0.3, -0.25) is 0 Å². The predicted molar refractivity (Wildman–Crippen MR) is 153 cm³/mol. The molecule has 1 aliphatic carbocycles. The van der Waals surface area contributed by atoms with Crippen molar-refractivity contribution < 1.29 is 18.8 Å². The van der Waals surface area contributed by atoms with Gasteiger partial charge >= 0.3 is 9.05 Å². The SMILES string of the molecule is O[Si](O)(O)OC1(CCC(Br)Br)C(CCC(Br)Br)=C(CCC(Br)Br)C(Br)=C(Br)C1Br. The van der Waals surface area contributed by atoms with Gasteiger partial charge in [-0.1, -0.05) is 127 Å². The summed E-state index contributed by atoms with van der Waals surface area (Å²) in [6, 6.07) is 0. The third kappa shape index (κ3) is 9.79. The van der Waals surface area contributed by atoms with E-state index < -0.39 is 19.5 Å². The molecular weight excluding hydrogens is 991 g/mol. The van der Waals surface area contributed by atoms with E-state index >= 15 is 0 Å². The second-order valence-corrected chi connectivity index (χ2v) is 20.6. The minimum absolute atomic E-state index is 0.00899. The van der Waals surface area contributed by atoms with Crippen molar-refractivity contribution in [3.05, 3.63) is 20.1 Å². The van der Waals surface area contributed by atoms with Gasteiger partial charge in [0.05, 0.1) is 16.0 Å². The fourth-order valence-corrected chi connectivity index (χ4v) is 7.93. The second-order valence-electron chi connectivity index (χ2n) is 6.34. The molecule has 4 nitrogen and oxygen atoms in total. The average Bonchev–Trinajstić information content (AvgIpc) is 2.57. The zero-order chi connectivity index (χ0) is 22.6. The van der Waals surface area contributed by atoms with Crippen LogP contribution in [-0.2, 0) is 4.43 Å². The molecule has 1 aliphatic rings. The first-order valence-electron chi connectivity index (χ1n) is 8.35. The number of rotatable bonds is 11. The van der Waals surface area contributed by atoms with E-state index in [4.69, 9.17) is 4.43 Å². The molecule has 3 N–H and O–H groups in total. The van der Waals surface area contributed by atoms with Gasteiger partial charge in [-0.15, -0.1) is 0 Å². The lowest BCUT2D eigenvalue weighted by Gasteiger charge is -2.46. The Labute approximate surface area is 248 Å². The van der Waals surface area contributed by atoms with Crippen LogP contribution in [0.2, 0.25) is 0 Å². The van der Waals surface area contributed by atoms with Crippen LogP contribution in [0, 0.1) is 0 Å². The average molecular weight is 1010 g/mol. The van der Waals surface area contributed by atoms with Crippen molar-refractivity contribution in [1.29, 1.82) is 0 Å². The molecule has 0 spiro atoms. The van der Waals surface area contributed by atoms with Crippen molar-refractivity contribution in [1.82, 2.24) is 0 Å². The Bertz CT molecular complexity index is 621. The lowest BCUT2D eigenvalue weighted by molar-refractivity contribution is -0.0252. The van der Waals surface area contributed by atoms with E-state index in [9.17, 15) is 14.4 Å². The van der Waals surface area contributed by atoms with Crippen molar-refractivity contribution in [2.75, 3.05) is 0 Å². The van der Waals surface area contributed by atoms with Crippen LogP contribution < -0.4 is 0 Å². The Morgan fingerprint density at radius 3 is 1.79 bits per heavy atom. The van der Waals surface area contributed by atoms with E-state index in [2.05, 4.69) is 143 Å². The van der Waals surface area contributed by atoms with Crippen molar-refractivity contribution in [2.24, 2.45) is 0 Å². The summed E-state index contributed by atoms with van der Waals surface area (Å²) in [7, 11) is -4.85. The fourth-order valence-electron chi connectivity index (χ4n) is 3.14. The summed E-state index contributed by atoms with van der Waals surface area (Å²) in [6.45, 7) is 0. The van der Waals surface area contributed by atoms with E-state index in [1.807, 2.05) is 0 Å². The van der Waals surface area contributed by atoms with Gasteiger partial charge in [-0.25, -0.2) is 0 Å². The summed E-state index contributed by atoms with van der Waals surface area (Å²) in [5.41, 5.74) is 0.809. The van der Waals surface area contributed by atoms with E-state index in [0.29, 0.717) is 19.3 Å². The monoisotopic (exact) mass is 1000 g/mol. The molecule has 14 heteroatoms. The molecule has 0 aromatic rings. The molecule has 0 aromatic heterocycles. The molecular formula is C15H19Br9O4Si. The molecule has 2 unspecified atom stereocenters. The molecule has 170 valence electrons. The van der Waals surface area contributed by atoms with Gasteiger partial charge in [-0.2, -0.15) is 0 Å². The summed E-state index contributed by atoms with van der Waals surface area (Å²) in [5, 5.41) is 0. The first-order valence-corrected chi connectivity index (χ1v) is 18.1. The molecule has 0 fully saturated rings. The summed E-state index contributed by atoms with van der Waals surface area (Å²) in [5.74, 6) is 0. The number of alkyl halides is 7. The molecule has 0 saturated carbocycles. The van der Waals surface area contributed by atoms with Crippen LogP contribution in [0.15, 0.2) is 20.1 Å². The lowest BCUT2D eigenvalue weighted by Crippen LogP contribution is -2.56. The van der Waals surface area contributed by atoms with E-state index in [-0.39, 0.29) is 11.2 Å². The van der Waals surface area contributed by atoms with Gasteiger partial charge in [0.25, 0.3) is 0 Å². The second kappa shape index (κ2) is 13.8. The maximum absolute atomic E-state index is 9.95. The van der Waals surface area contributed by atoms with Crippen LogP contribution >= 0.6 is 143 Å². The van der Waals surface area contributed by atoms with E-state index in [0.717, 1.165) is 39.4 Å². The van der Waals surface area contributed by atoms with E-state index in [1.165, 1.54) is 0 Å². The molecule has 0 saturated heterocycles.